The lowest BCUT2D eigenvalue weighted by atomic mass is 10.0. The molecule has 0 bridgehead atoms. The van der Waals surface area contributed by atoms with Gasteiger partial charge in [0.15, 0.2) is 12.2 Å². The van der Waals surface area contributed by atoms with Gasteiger partial charge in [0.2, 0.25) is 0 Å². The number of phosphoric ester groups is 2. The SMILES string of the molecule is CCCCCCCCCCCCCCCC(=O)O[C@H](COC(=O)CCCCCCCCCCCCC)COP(=O)(O)OC[C@H](O)COP(=O)(O)OC[C@@H](COC(C)=O)OC(=O)CCC. The van der Waals surface area contributed by atoms with E-state index in [0.717, 1.165) is 51.9 Å². The van der Waals surface area contributed by atoms with Crippen LogP contribution in [0.15, 0.2) is 0 Å². The van der Waals surface area contributed by atoms with Gasteiger partial charge in [-0.2, -0.15) is 0 Å². The molecule has 19 heteroatoms. The van der Waals surface area contributed by atoms with Crippen LogP contribution in [0.2, 0.25) is 0 Å². The summed E-state index contributed by atoms with van der Waals surface area (Å²) in [6.07, 6.45) is 23.9. The molecule has 3 N–H and O–H groups in total. The molecule has 64 heavy (non-hydrogen) atoms. The van der Waals surface area contributed by atoms with Crippen molar-refractivity contribution in [3.63, 3.8) is 0 Å². The summed E-state index contributed by atoms with van der Waals surface area (Å²) in [5, 5.41) is 10.2. The number of carbonyl (C=O) groups excluding carboxylic acids is 4. The highest BCUT2D eigenvalue weighted by Crippen LogP contribution is 2.45. The third-order valence-corrected chi connectivity index (χ3v) is 12.0. The van der Waals surface area contributed by atoms with Crippen LogP contribution in [0.1, 0.15) is 207 Å². The number of unbranched alkanes of at least 4 members (excludes halogenated alkanes) is 22. The van der Waals surface area contributed by atoms with Gasteiger partial charge in [0.05, 0.1) is 26.4 Å². The van der Waals surface area contributed by atoms with E-state index in [1.54, 1.807) is 6.92 Å². The number of phosphoric acid groups is 2. The number of ether oxygens (including phenoxy) is 4. The molecule has 0 saturated heterocycles. The zero-order valence-electron chi connectivity index (χ0n) is 39.7. The second kappa shape index (κ2) is 41.3. The number of rotatable bonds is 46. The molecule has 0 aliphatic heterocycles. The molecule has 2 unspecified atom stereocenters. The van der Waals surface area contributed by atoms with Gasteiger partial charge in [-0.25, -0.2) is 9.13 Å². The fourth-order valence-electron chi connectivity index (χ4n) is 6.45. The Morgan fingerprint density at radius 1 is 0.406 bits per heavy atom. The lowest BCUT2D eigenvalue weighted by Gasteiger charge is -2.21. The van der Waals surface area contributed by atoms with Crippen molar-refractivity contribution >= 4 is 39.5 Å². The predicted octanol–water partition coefficient (Wildman–Crippen LogP) is 10.5. The first kappa shape index (κ1) is 62.1. The Bertz CT molecular complexity index is 1290. The molecular formula is C45H86O17P2. The highest BCUT2D eigenvalue weighted by Gasteiger charge is 2.30. The molecule has 0 saturated carbocycles. The van der Waals surface area contributed by atoms with E-state index < -0.39 is 97.5 Å². The summed E-state index contributed by atoms with van der Waals surface area (Å²) >= 11 is 0. The smallest absolute Gasteiger partial charge is 0.462 e. The lowest BCUT2D eigenvalue weighted by molar-refractivity contribution is -0.161. The Labute approximate surface area is 384 Å². The molecule has 0 heterocycles. The third kappa shape index (κ3) is 41.5. The Morgan fingerprint density at radius 2 is 0.719 bits per heavy atom. The summed E-state index contributed by atoms with van der Waals surface area (Å²) in [5.74, 6) is -2.40. The van der Waals surface area contributed by atoms with Crippen LogP contribution in [0.5, 0.6) is 0 Å². The van der Waals surface area contributed by atoms with E-state index in [1.165, 1.54) is 96.3 Å². The molecule has 0 radical (unpaired) electrons. The topological polar surface area (TPSA) is 237 Å². The summed E-state index contributed by atoms with van der Waals surface area (Å²) in [6.45, 7) is 3.27. The maximum atomic E-state index is 12.8. The first-order valence-electron chi connectivity index (χ1n) is 24.2. The number of hydrogen-bond acceptors (Lipinski definition) is 15. The number of esters is 4. The molecule has 0 aliphatic carbocycles. The van der Waals surface area contributed by atoms with E-state index in [-0.39, 0.29) is 19.3 Å². The molecule has 0 aromatic heterocycles. The highest BCUT2D eigenvalue weighted by molar-refractivity contribution is 7.47. The van der Waals surface area contributed by atoms with Gasteiger partial charge >= 0.3 is 39.5 Å². The molecular weight excluding hydrogens is 874 g/mol. The first-order chi connectivity index (χ1) is 30.6. The van der Waals surface area contributed by atoms with Crippen molar-refractivity contribution in [2.24, 2.45) is 0 Å². The van der Waals surface area contributed by atoms with Crippen molar-refractivity contribution in [3.05, 3.63) is 0 Å². The van der Waals surface area contributed by atoms with Gasteiger partial charge < -0.3 is 33.8 Å². The molecule has 17 nitrogen and oxygen atoms in total. The predicted molar refractivity (Wildman–Crippen MR) is 243 cm³/mol. The molecule has 378 valence electrons. The fraction of sp³-hybridized carbons (Fsp3) is 0.911. The number of aliphatic hydroxyl groups is 1. The van der Waals surface area contributed by atoms with Crippen LogP contribution in [-0.2, 0) is 65.4 Å². The molecule has 0 aromatic carbocycles. The van der Waals surface area contributed by atoms with Crippen molar-refractivity contribution in [3.8, 4) is 0 Å². The van der Waals surface area contributed by atoms with Crippen LogP contribution in [0.25, 0.3) is 0 Å². The minimum Gasteiger partial charge on any atom is -0.462 e. The average molecular weight is 961 g/mol. The van der Waals surface area contributed by atoms with Gasteiger partial charge in [0.25, 0.3) is 0 Å². The van der Waals surface area contributed by atoms with Crippen LogP contribution in [-0.4, -0.2) is 96.7 Å². The second-order valence-electron chi connectivity index (χ2n) is 16.5. The number of carbonyl (C=O) groups is 4. The van der Waals surface area contributed by atoms with Crippen molar-refractivity contribution in [1.29, 1.82) is 0 Å². The molecule has 0 spiro atoms. The Hall–Kier alpha value is -1.94. The van der Waals surface area contributed by atoms with E-state index in [9.17, 15) is 43.2 Å². The van der Waals surface area contributed by atoms with E-state index in [4.69, 9.17) is 37.0 Å². The summed E-state index contributed by atoms with van der Waals surface area (Å²) in [7, 11) is -9.78. The zero-order chi connectivity index (χ0) is 47.7. The zero-order valence-corrected chi connectivity index (χ0v) is 41.5. The van der Waals surface area contributed by atoms with Crippen molar-refractivity contribution < 1.29 is 80.2 Å². The summed E-state index contributed by atoms with van der Waals surface area (Å²) in [6, 6.07) is 0. The van der Waals surface area contributed by atoms with E-state index >= 15 is 0 Å². The van der Waals surface area contributed by atoms with E-state index in [1.807, 2.05) is 0 Å². The van der Waals surface area contributed by atoms with Gasteiger partial charge in [-0.15, -0.1) is 0 Å². The molecule has 0 aliphatic rings. The van der Waals surface area contributed by atoms with E-state index in [0.29, 0.717) is 19.3 Å². The summed E-state index contributed by atoms with van der Waals surface area (Å²) in [5.41, 5.74) is 0. The number of hydrogen-bond donors (Lipinski definition) is 3. The Kier molecular flexibility index (Phi) is 40.0. The van der Waals surface area contributed by atoms with Gasteiger partial charge in [-0.05, 0) is 19.3 Å². The van der Waals surface area contributed by atoms with Crippen molar-refractivity contribution in [2.45, 2.75) is 226 Å². The molecule has 0 rings (SSSR count). The van der Waals surface area contributed by atoms with Gasteiger partial charge in [0, 0.05) is 26.2 Å². The van der Waals surface area contributed by atoms with Gasteiger partial charge in [-0.1, -0.05) is 162 Å². The van der Waals surface area contributed by atoms with Crippen LogP contribution in [0.4, 0.5) is 0 Å². The van der Waals surface area contributed by atoms with Crippen LogP contribution in [0, 0.1) is 0 Å². The largest absolute Gasteiger partial charge is 0.472 e. The summed E-state index contributed by atoms with van der Waals surface area (Å²) < 4.78 is 65.3. The average Bonchev–Trinajstić information content (AvgIpc) is 3.25. The van der Waals surface area contributed by atoms with E-state index in [2.05, 4.69) is 13.8 Å². The summed E-state index contributed by atoms with van der Waals surface area (Å²) in [4.78, 5) is 68.7. The normalized spacial score (nSPS) is 14.8. The van der Waals surface area contributed by atoms with Gasteiger partial charge in [-0.3, -0.25) is 37.3 Å². The second-order valence-corrected chi connectivity index (χ2v) is 19.4. The maximum Gasteiger partial charge on any atom is 0.472 e. The molecule has 5 atom stereocenters. The maximum absolute atomic E-state index is 12.8. The standard InChI is InChI=1S/C45H86O17P2/c1-5-8-10-12-14-16-18-19-21-23-25-27-29-32-45(50)62-42(36-56-43(48)31-28-26-24-22-20-17-15-13-11-9-6-2)38-60-64(53,54)58-34-40(47)33-57-63(51,52)59-37-41(35-55-39(4)46)61-44(49)30-7-3/h40-42,47H,5-38H2,1-4H3,(H,51,52)(H,53,54)/t40-,41-,42-/m1/s1. The van der Waals surface area contributed by atoms with Gasteiger partial charge in [0.1, 0.15) is 19.3 Å². The monoisotopic (exact) mass is 961 g/mol. The quantitative estimate of drug-likeness (QED) is 0.0222. The number of aliphatic hydroxyl groups excluding tert-OH is 1. The molecule has 0 aromatic rings. The Morgan fingerprint density at radius 3 is 1.08 bits per heavy atom. The van der Waals surface area contributed by atoms with Crippen molar-refractivity contribution in [2.75, 3.05) is 39.6 Å². The van der Waals surface area contributed by atoms with Crippen LogP contribution in [0.3, 0.4) is 0 Å². The van der Waals surface area contributed by atoms with Crippen LogP contribution < -0.4 is 0 Å². The van der Waals surface area contributed by atoms with Crippen LogP contribution >= 0.6 is 15.6 Å². The van der Waals surface area contributed by atoms with Crippen molar-refractivity contribution in [1.82, 2.24) is 0 Å². The lowest BCUT2D eigenvalue weighted by Crippen LogP contribution is -2.30. The highest BCUT2D eigenvalue weighted by atomic mass is 31.2. The minimum absolute atomic E-state index is 0.0484. The third-order valence-electron chi connectivity index (χ3n) is 10.1. The Balaban J connectivity index is 4.93. The molecule has 0 amide bonds. The minimum atomic E-state index is -4.91. The molecule has 0 fully saturated rings. The first-order valence-corrected chi connectivity index (χ1v) is 27.2. The fourth-order valence-corrected chi connectivity index (χ4v) is 8.03.